The van der Waals surface area contributed by atoms with E-state index in [2.05, 4.69) is 47.8 Å². The van der Waals surface area contributed by atoms with Crippen molar-refractivity contribution < 1.29 is 43.0 Å². The molecule has 0 spiro atoms. The van der Waals surface area contributed by atoms with Gasteiger partial charge in [-0.05, 0) is 102 Å². The van der Waals surface area contributed by atoms with Crippen LogP contribution in [-0.2, 0) is 14.2 Å². The van der Waals surface area contributed by atoms with Crippen molar-refractivity contribution in [3.8, 4) is 0 Å². The number of nitrogens with one attached hydrogen (secondary N) is 3. The van der Waals surface area contributed by atoms with E-state index in [-0.39, 0.29) is 13.2 Å². The summed E-state index contributed by atoms with van der Waals surface area (Å²) in [5, 5.41) is 7.09. The minimum Gasteiger partial charge on any atom is -0.449 e. The zero-order chi connectivity index (χ0) is 37.3. The molecule has 0 atom stereocenters. The number of alkyl halides is 3. The highest BCUT2D eigenvalue weighted by atomic mass is 79.9. The van der Waals surface area contributed by atoms with Gasteiger partial charge in [0.1, 0.15) is 6.61 Å². The quantitative estimate of drug-likeness (QED) is 0.0618. The monoisotopic (exact) mass is 899 g/mol. The van der Waals surface area contributed by atoms with E-state index < -0.39 is 34.0 Å². The summed E-state index contributed by atoms with van der Waals surface area (Å²) in [5.41, 5.74) is 2.34. The predicted octanol–water partition coefficient (Wildman–Crippen LogP) is 9.65. The van der Waals surface area contributed by atoms with Gasteiger partial charge in [0.25, 0.3) is 15.7 Å². The summed E-state index contributed by atoms with van der Waals surface area (Å²) in [6.07, 6.45) is -0.374. The fraction of sp³-hybridized carbons (Fsp3) is 0.250. The molecule has 0 saturated heterocycles. The average Bonchev–Trinajstić information content (AvgIpc) is 3.08. The number of hydrogen-bond acceptors (Lipinski definition) is 9. The molecule has 50 heavy (non-hydrogen) atoms. The third-order valence-electron chi connectivity index (χ3n) is 5.34. The first-order valence-electron chi connectivity index (χ1n) is 14.3. The molecule has 0 fully saturated rings. The Hall–Kier alpha value is -3.40. The Morgan fingerprint density at radius 1 is 0.520 bits per heavy atom. The van der Waals surface area contributed by atoms with Crippen LogP contribution in [0.1, 0.15) is 43.9 Å². The molecule has 3 aromatic rings. The maximum atomic E-state index is 11.3. The molecule has 3 N–H and O–H groups in total. The SMILES string of the molecule is O=C(Nc1cccc(C(=O)Cl)c1)OCCBr.O=C(Nc1cccc(C(=O)Cl)c1)OCCCBr.O=C(Nc1cccc(C(=O)Cl)c1)OCCCCl. The van der Waals surface area contributed by atoms with Crippen LogP contribution < -0.4 is 16.0 Å². The first kappa shape index (κ1) is 44.6. The minimum absolute atomic E-state index is 0.253. The van der Waals surface area contributed by atoms with Crippen molar-refractivity contribution in [2.45, 2.75) is 12.8 Å². The summed E-state index contributed by atoms with van der Waals surface area (Å²) in [6.45, 7) is 0.870. The second kappa shape index (κ2) is 26.4. The molecule has 18 heteroatoms. The van der Waals surface area contributed by atoms with Gasteiger partial charge >= 0.3 is 18.3 Å². The number of carbonyl (C=O) groups is 6. The molecule has 3 aromatic carbocycles. The van der Waals surface area contributed by atoms with Crippen molar-refractivity contribution in [2.24, 2.45) is 0 Å². The van der Waals surface area contributed by atoms with Crippen LogP contribution >= 0.6 is 78.3 Å². The zero-order valence-electron chi connectivity index (χ0n) is 26.0. The molecule has 0 bridgehead atoms. The fourth-order valence-electron chi connectivity index (χ4n) is 3.19. The Bertz CT molecular complexity index is 1510. The molecular weight excluding hydrogens is 872 g/mol. The summed E-state index contributed by atoms with van der Waals surface area (Å²) in [4.78, 5) is 66.4. The van der Waals surface area contributed by atoms with Crippen molar-refractivity contribution in [2.75, 3.05) is 52.3 Å². The largest absolute Gasteiger partial charge is 0.449 e. The summed E-state index contributed by atoms with van der Waals surface area (Å²) in [6, 6.07) is 18.9. The van der Waals surface area contributed by atoms with Gasteiger partial charge in [0.05, 0.1) is 13.2 Å². The molecule has 0 heterocycles. The second-order valence-corrected chi connectivity index (χ2v) is 12.1. The molecule has 0 saturated carbocycles. The molecule has 3 rings (SSSR count). The van der Waals surface area contributed by atoms with E-state index in [0.29, 0.717) is 58.0 Å². The lowest BCUT2D eigenvalue weighted by molar-refractivity contribution is 0.107. The van der Waals surface area contributed by atoms with E-state index >= 15 is 0 Å². The van der Waals surface area contributed by atoms with Crippen molar-refractivity contribution in [1.29, 1.82) is 0 Å². The molecule has 270 valence electrons. The molecule has 12 nitrogen and oxygen atoms in total. The van der Waals surface area contributed by atoms with Crippen LogP contribution in [0.5, 0.6) is 0 Å². The van der Waals surface area contributed by atoms with Gasteiger partial charge < -0.3 is 14.2 Å². The van der Waals surface area contributed by atoms with E-state index in [1.54, 1.807) is 54.6 Å². The zero-order valence-corrected chi connectivity index (χ0v) is 32.2. The van der Waals surface area contributed by atoms with Gasteiger partial charge in [-0.2, -0.15) is 0 Å². The van der Waals surface area contributed by atoms with Crippen molar-refractivity contribution in [1.82, 2.24) is 0 Å². The molecule has 0 aromatic heterocycles. The summed E-state index contributed by atoms with van der Waals surface area (Å²) < 4.78 is 14.5. The van der Waals surface area contributed by atoms with Crippen molar-refractivity contribution in [3.05, 3.63) is 89.5 Å². The van der Waals surface area contributed by atoms with Crippen LogP contribution in [0.2, 0.25) is 0 Å². The Balaban J connectivity index is 0.000000375. The van der Waals surface area contributed by atoms with Crippen LogP contribution in [0.25, 0.3) is 0 Å². The third-order valence-corrected chi connectivity index (χ3v) is 7.15. The molecule has 0 unspecified atom stereocenters. The summed E-state index contributed by atoms with van der Waals surface area (Å²) >= 11 is 27.7. The van der Waals surface area contributed by atoms with E-state index in [0.717, 1.165) is 11.8 Å². The first-order valence-corrected chi connectivity index (χ1v) is 18.2. The van der Waals surface area contributed by atoms with Crippen molar-refractivity contribution in [3.63, 3.8) is 0 Å². The summed E-state index contributed by atoms with van der Waals surface area (Å²) in [5.74, 6) is 0.434. The Kier molecular flexibility index (Phi) is 23.6. The van der Waals surface area contributed by atoms with E-state index in [4.69, 9.17) is 60.6 Å². The third kappa shape index (κ3) is 20.3. The van der Waals surface area contributed by atoms with Gasteiger partial charge in [-0.1, -0.05) is 50.1 Å². The maximum absolute atomic E-state index is 11.3. The smallest absolute Gasteiger partial charge is 0.411 e. The van der Waals surface area contributed by atoms with Gasteiger partial charge in [0.2, 0.25) is 0 Å². The van der Waals surface area contributed by atoms with Gasteiger partial charge in [-0.3, -0.25) is 30.3 Å². The molecule has 0 radical (unpaired) electrons. The van der Waals surface area contributed by atoms with Gasteiger partial charge in [-0.25, -0.2) is 14.4 Å². The maximum Gasteiger partial charge on any atom is 0.411 e. The van der Waals surface area contributed by atoms with Crippen LogP contribution in [-0.4, -0.2) is 70.4 Å². The number of halogens is 6. The van der Waals surface area contributed by atoms with Crippen LogP contribution in [0, 0.1) is 0 Å². The number of ether oxygens (including phenoxy) is 3. The number of hydrogen-bond donors (Lipinski definition) is 3. The van der Waals surface area contributed by atoms with Gasteiger partial charge in [0.15, 0.2) is 0 Å². The van der Waals surface area contributed by atoms with Crippen LogP contribution in [0.3, 0.4) is 0 Å². The topological polar surface area (TPSA) is 166 Å². The van der Waals surface area contributed by atoms with E-state index in [1.807, 2.05) is 0 Å². The lowest BCUT2D eigenvalue weighted by Gasteiger charge is -2.06. The second-order valence-electron chi connectivity index (χ2n) is 9.12. The van der Waals surface area contributed by atoms with E-state index in [9.17, 15) is 28.8 Å². The Morgan fingerprint density at radius 3 is 1.16 bits per heavy atom. The van der Waals surface area contributed by atoms with E-state index in [1.165, 1.54) is 18.2 Å². The normalized spacial score (nSPS) is 9.72. The molecule has 3 amide bonds. The molecule has 0 aliphatic heterocycles. The minimum atomic E-state index is -0.589. The number of carbonyl (C=O) groups excluding carboxylic acids is 6. The lowest BCUT2D eigenvalue weighted by Crippen LogP contribution is -2.14. The van der Waals surface area contributed by atoms with Gasteiger partial charge in [0, 0.05) is 50.3 Å². The lowest BCUT2D eigenvalue weighted by atomic mass is 10.2. The Labute approximate surface area is 325 Å². The van der Waals surface area contributed by atoms with Crippen molar-refractivity contribution >= 4 is 129 Å². The molecular formula is C32H31Br2Cl4N3O9. The van der Waals surface area contributed by atoms with Crippen LogP contribution in [0.15, 0.2) is 72.8 Å². The highest BCUT2D eigenvalue weighted by Gasteiger charge is 2.08. The molecule has 0 aliphatic rings. The number of amides is 3. The van der Waals surface area contributed by atoms with Crippen LogP contribution in [0.4, 0.5) is 31.4 Å². The standard InChI is InChI=1S/C11H11BrClNO3.C11H11Cl2NO3.C10H9BrClNO3/c2*12-5-2-6-17-11(16)14-9-4-1-3-8(7-9)10(13)15;11-4-5-16-10(15)13-8-3-1-2-7(6-8)9(12)14/h2*1,3-4,7H,2,5-6H2,(H,14,16);1-3,6H,4-5H2,(H,13,15). The Morgan fingerprint density at radius 2 is 0.860 bits per heavy atom. The first-order chi connectivity index (χ1) is 23.9. The fourth-order valence-corrected chi connectivity index (χ4v) is 4.04. The van der Waals surface area contributed by atoms with Gasteiger partial charge in [-0.15, -0.1) is 11.6 Å². The average molecular weight is 903 g/mol. The number of benzene rings is 3. The molecule has 0 aliphatic carbocycles. The highest BCUT2D eigenvalue weighted by Crippen LogP contribution is 2.15. The predicted molar refractivity (Wildman–Crippen MR) is 202 cm³/mol. The summed E-state index contributed by atoms with van der Waals surface area (Å²) in [7, 11) is 0. The highest BCUT2D eigenvalue weighted by molar-refractivity contribution is 9.09. The number of rotatable bonds is 14. The number of anilines is 3.